The van der Waals surface area contributed by atoms with Crippen molar-refractivity contribution in [3.8, 4) is 17.2 Å². The lowest BCUT2D eigenvalue weighted by atomic mass is 10.2. The van der Waals surface area contributed by atoms with E-state index in [-0.39, 0.29) is 11.7 Å². The molecule has 0 heterocycles. The molecule has 0 aliphatic heterocycles. The molecule has 2 rings (SSSR count). The van der Waals surface area contributed by atoms with Crippen LogP contribution >= 0.6 is 0 Å². The largest absolute Gasteiger partial charge is 0.494 e. The number of hydrogen-bond donors (Lipinski definition) is 1. The molecule has 0 aliphatic carbocycles. The van der Waals surface area contributed by atoms with Gasteiger partial charge in [-0.1, -0.05) is 0 Å². The predicted molar refractivity (Wildman–Crippen MR) is 102 cm³/mol. The van der Waals surface area contributed by atoms with E-state index in [0.29, 0.717) is 49.2 Å². The van der Waals surface area contributed by atoms with Gasteiger partial charge in [0.05, 0.1) is 19.8 Å². The van der Waals surface area contributed by atoms with Crippen LogP contribution in [0.2, 0.25) is 0 Å². The summed E-state index contributed by atoms with van der Waals surface area (Å²) >= 11 is 0. The molecule has 6 heteroatoms. The van der Waals surface area contributed by atoms with Crippen molar-refractivity contribution in [2.45, 2.75) is 26.7 Å². The summed E-state index contributed by atoms with van der Waals surface area (Å²) in [4.78, 5) is 12.3. The van der Waals surface area contributed by atoms with Crippen molar-refractivity contribution in [1.82, 2.24) is 5.32 Å². The molecular weight excluding hydrogens is 349 g/mol. The molecule has 0 bridgehead atoms. The minimum absolute atomic E-state index is 0.154. The van der Waals surface area contributed by atoms with E-state index in [1.165, 1.54) is 12.1 Å². The molecule has 146 valence electrons. The third-order valence-electron chi connectivity index (χ3n) is 3.74. The predicted octanol–water partition coefficient (Wildman–Crippen LogP) is 4.21. The van der Waals surface area contributed by atoms with Gasteiger partial charge in [-0.15, -0.1) is 0 Å². The van der Waals surface area contributed by atoms with E-state index in [4.69, 9.17) is 14.2 Å². The van der Waals surface area contributed by atoms with E-state index in [9.17, 15) is 9.18 Å². The van der Waals surface area contributed by atoms with Gasteiger partial charge in [0.2, 0.25) is 0 Å². The molecule has 0 unspecified atom stereocenters. The Morgan fingerprint density at radius 2 is 1.63 bits per heavy atom. The van der Waals surface area contributed by atoms with Gasteiger partial charge in [0.15, 0.2) is 11.5 Å². The smallest absolute Gasteiger partial charge is 0.251 e. The number of amides is 1. The van der Waals surface area contributed by atoms with Gasteiger partial charge < -0.3 is 19.5 Å². The molecule has 0 spiro atoms. The Kier molecular flexibility index (Phi) is 8.42. The zero-order valence-electron chi connectivity index (χ0n) is 15.8. The maximum atomic E-state index is 12.8. The number of carbonyl (C=O) groups excluding carboxylic acids is 1. The summed E-state index contributed by atoms with van der Waals surface area (Å²) in [7, 11) is 0. The molecule has 5 nitrogen and oxygen atoms in total. The number of carbonyl (C=O) groups is 1. The summed E-state index contributed by atoms with van der Waals surface area (Å²) in [5.74, 6) is 1.40. The Labute approximate surface area is 159 Å². The summed E-state index contributed by atoms with van der Waals surface area (Å²) in [6.07, 6.45) is 1.56. The minimum atomic E-state index is -0.285. The summed E-state index contributed by atoms with van der Waals surface area (Å²) in [5, 5.41) is 2.89. The Morgan fingerprint density at radius 3 is 2.33 bits per heavy atom. The fourth-order valence-corrected chi connectivity index (χ4v) is 2.44. The van der Waals surface area contributed by atoms with E-state index >= 15 is 0 Å². The van der Waals surface area contributed by atoms with Gasteiger partial charge in [0.1, 0.15) is 11.6 Å². The number of halogens is 1. The average Bonchev–Trinajstić information content (AvgIpc) is 2.67. The van der Waals surface area contributed by atoms with Crippen molar-refractivity contribution in [2.75, 3.05) is 26.4 Å². The van der Waals surface area contributed by atoms with Crippen LogP contribution in [0, 0.1) is 5.82 Å². The molecule has 0 fully saturated rings. The Morgan fingerprint density at radius 1 is 0.926 bits per heavy atom. The lowest BCUT2D eigenvalue weighted by molar-refractivity contribution is 0.0952. The van der Waals surface area contributed by atoms with Crippen molar-refractivity contribution in [3.63, 3.8) is 0 Å². The fraction of sp³-hybridized carbons (Fsp3) is 0.381. The van der Waals surface area contributed by atoms with Crippen LogP contribution in [-0.2, 0) is 0 Å². The van der Waals surface area contributed by atoms with E-state index < -0.39 is 0 Å². The van der Waals surface area contributed by atoms with Crippen LogP contribution in [0.5, 0.6) is 17.2 Å². The molecule has 0 radical (unpaired) electrons. The van der Waals surface area contributed by atoms with Crippen LogP contribution in [0.15, 0.2) is 42.5 Å². The summed E-state index contributed by atoms with van der Waals surface area (Å²) in [6.45, 7) is 5.87. The normalized spacial score (nSPS) is 10.3. The molecule has 0 saturated carbocycles. The second kappa shape index (κ2) is 11.1. The summed E-state index contributed by atoms with van der Waals surface area (Å²) in [5.41, 5.74) is 0.532. The second-order valence-electron chi connectivity index (χ2n) is 5.79. The Balaban J connectivity index is 1.73. The van der Waals surface area contributed by atoms with Gasteiger partial charge >= 0.3 is 0 Å². The van der Waals surface area contributed by atoms with Crippen LogP contribution in [0.3, 0.4) is 0 Å². The van der Waals surface area contributed by atoms with Crippen LogP contribution in [0.4, 0.5) is 4.39 Å². The Bertz CT molecular complexity index is 719. The highest BCUT2D eigenvalue weighted by molar-refractivity contribution is 5.94. The van der Waals surface area contributed by atoms with Crippen molar-refractivity contribution in [3.05, 3.63) is 53.8 Å². The Hall–Kier alpha value is -2.76. The van der Waals surface area contributed by atoms with E-state index in [1.54, 1.807) is 30.3 Å². The van der Waals surface area contributed by atoms with Crippen molar-refractivity contribution >= 4 is 5.91 Å². The lowest BCUT2D eigenvalue weighted by Gasteiger charge is -2.12. The fourth-order valence-electron chi connectivity index (χ4n) is 2.44. The second-order valence-corrected chi connectivity index (χ2v) is 5.79. The van der Waals surface area contributed by atoms with Crippen LogP contribution < -0.4 is 19.5 Å². The van der Waals surface area contributed by atoms with E-state index in [0.717, 1.165) is 12.8 Å². The molecule has 0 atom stereocenters. The third kappa shape index (κ3) is 6.81. The van der Waals surface area contributed by atoms with Crippen LogP contribution in [0.25, 0.3) is 0 Å². The highest BCUT2D eigenvalue weighted by atomic mass is 19.1. The first kappa shape index (κ1) is 20.6. The van der Waals surface area contributed by atoms with Gasteiger partial charge in [-0.2, -0.15) is 0 Å². The third-order valence-corrected chi connectivity index (χ3v) is 3.74. The maximum absolute atomic E-state index is 12.8. The van der Waals surface area contributed by atoms with Gasteiger partial charge in [0.25, 0.3) is 5.91 Å². The first-order valence-corrected chi connectivity index (χ1v) is 9.20. The lowest BCUT2D eigenvalue weighted by Crippen LogP contribution is -2.24. The highest BCUT2D eigenvalue weighted by Gasteiger charge is 2.11. The van der Waals surface area contributed by atoms with Gasteiger partial charge in [-0.25, -0.2) is 4.39 Å². The molecule has 0 aliphatic rings. The SMILES string of the molecule is CCOc1ccc(C(=O)NCCCCOc2ccc(F)cc2)cc1OCC. The summed E-state index contributed by atoms with van der Waals surface area (Å²) < 4.78 is 29.4. The first-order chi connectivity index (χ1) is 13.1. The van der Waals surface area contributed by atoms with Crippen LogP contribution in [-0.4, -0.2) is 32.3 Å². The quantitative estimate of drug-likeness (QED) is 0.598. The van der Waals surface area contributed by atoms with Crippen LogP contribution in [0.1, 0.15) is 37.0 Å². The van der Waals surface area contributed by atoms with Gasteiger partial charge in [0, 0.05) is 12.1 Å². The van der Waals surface area contributed by atoms with E-state index in [1.807, 2.05) is 13.8 Å². The van der Waals surface area contributed by atoms with Crippen molar-refractivity contribution in [2.24, 2.45) is 0 Å². The molecule has 2 aromatic carbocycles. The number of nitrogens with one attached hydrogen (secondary N) is 1. The number of rotatable bonds is 11. The molecule has 27 heavy (non-hydrogen) atoms. The minimum Gasteiger partial charge on any atom is -0.494 e. The van der Waals surface area contributed by atoms with E-state index in [2.05, 4.69) is 5.32 Å². The highest BCUT2D eigenvalue weighted by Crippen LogP contribution is 2.28. The number of hydrogen-bond acceptors (Lipinski definition) is 4. The number of unbranched alkanes of at least 4 members (excludes halogenated alkanes) is 1. The molecule has 1 amide bonds. The zero-order chi connectivity index (χ0) is 19.5. The molecular formula is C21H26FNO4. The van der Waals surface area contributed by atoms with Crippen molar-refractivity contribution in [1.29, 1.82) is 0 Å². The maximum Gasteiger partial charge on any atom is 0.251 e. The van der Waals surface area contributed by atoms with Gasteiger partial charge in [-0.05, 0) is 69.2 Å². The number of benzene rings is 2. The van der Waals surface area contributed by atoms with Crippen molar-refractivity contribution < 1.29 is 23.4 Å². The average molecular weight is 375 g/mol. The summed E-state index contributed by atoms with van der Waals surface area (Å²) in [6, 6.07) is 11.1. The number of ether oxygens (including phenoxy) is 3. The molecule has 1 N–H and O–H groups in total. The topological polar surface area (TPSA) is 56.8 Å². The molecule has 0 saturated heterocycles. The molecule has 2 aromatic rings. The standard InChI is InChI=1S/C21H26FNO4/c1-3-25-19-12-7-16(15-20(19)26-4-2)21(24)23-13-5-6-14-27-18-10-8-17(22)9-11-18/h7-12,15H,3-6,13-14H2,1-2H3,(H,23,24). The zero-order valence-corrected chi connectivity index (χ0v) is 15.8. The first-order valence-electron chi connectivity index (χ1n) is 9.20. The monoisotopic (exact) mass is 375 g/mol. The molecule has 0 aromatic heterocycles. The van der Waals surface area contributed by atoms with Gasteiger partial charge in [-0.3, -0.25) is 4.79 Å².